The maximum Gasteiger partial charge on any atom is 0.351 e. The van der Waals surface area contributed by atoms with E-state index in [0.29, 0.717) is 16.8 Å². The van der Waals surface area contributed by atoms with Crippen LogP contribution in [0.25, 0.3) is 0 Å². The Morgan fingerprint density at radius 1 is 1.00 bits per heavy atom. The molecule has 10 heteroatoms. The van der Waals surface area contributed by atoms with Crippen LogP contribution in [0.1, 0.15) is 32.4 Å². The molecule has 3 aromatic rings. The number of aromatic nitrogens is 2. The average molecular weight is 430 g/mol. The van der Waals surface area contributed by atoms with E-state index in [-0.39, 0.29) is 16.9 Å². The molecule has 160 valence electrons. The van der Waals surface area contributed by atoms with Gasteiger partial charge in [0.2, 0.25) is 5.78 Å². The van der Waals surface area contributed by atoms with E-state index < -0.39 is 41.0 Å². The fourth-order valence-electron chi connectivity index (χ4n) is 2.87. The highest BCUT2D eigenvalue weighted by Gasteiger charge is 2.27. The van der Waals surface area contributed by atoms with Gasteiger partial charge in [-0.3, -0.25) is 14.2 Å². The molecule has 0 spiro atoms. The van der Waals surface area contributed by atoms with Crippen LogP contribution in [-0.4, -0.2) is 28.3 Å². The van der Waals surface area contributed by atoms with E-state index in [1.54, 1.807) is 25.1 Å². The summed E-state index contributed by atoms with van der Waals surface area (Å²) in [6, 6.07) is 8.73. The van der Waals surface area contributed by atoms with Gasteiger partial charge in [-0.25, -0.2) is 18.0 Å². The quantitative estimate of drug-likeness (QED) is 0.587. The van der Waals surface area contributed by atoms with Gasteiger partial charge in [-0.15, -0.1) is 0 Å². The molecular formula is C21H17F3N4O3. The Bertz CT molecular complexity index is 1230. The number of carbonyl (C=O) groups excluding carboxylic acids is 2. The first kappa shape index (κ1) is 21.8. The minimum atomic E-state index is -1.77. The molecule has 1 aromatic heterocycles. The lowest BCUT2D eigenvalue weighted by molar-refractivity contribution is 0.0811. The first-order chi connectivity index (χ1) is 14.7. The molecule has 0 aliphatic carbocycles. The summed E-state index contributed by atoms with van der Waals surface area (Å²) in [6.07, 6.45) is -1.07. The number of anilines is 1. The summed E-state index contributed by atoms with van der Waals surface area (Å²) in [5.41, 5.74) is -0.439. The molecule has 2 N–H and O–H groups in total. The molecule has 2 aromatic carbocycles. The van der Waals surface area contributed by atoms with E-state index in [4.69, 9.17) is 0 Å². The highest BCUT2D eigenvalue weighted by molar-refractivity contribution is 6.03. The molecule has 0 saturated heterocycles. The summed E-state index contributed by atoms with van der Waals surface area (Å²) in [6.45, 7) is 1.75. The van der Waals surface area contributed by atoms with Crippen LogP contribution in [0.15, 0.2) is 53.5 Å². The Balaban J connectivity index is 2.08. The number of benzene rings is 2. The molecule has 0 radical (unpaired) electrons. The van der Waals surface area contributed by atoms with Gasteiger partial charge in [-0.05, 0) is 37.3 Å². The number of nitrogens with one attached hydrogen (secondary N) is 2. The molecule has 1 heterocycles. The minimum absolute atomic E-state index is 0.177. The van der Waals surface area contributed by atoms with E-state index in [1.807, 2.05) is 0 Å². The van der Waals surface area contributed by atoms with Crippen molar-refractivity contribution in [2.75, 3.05) is 12.4 Å². The zero-order valence-corrected chi connectivity index (χ0v) is 16.4. The zero-order chi connectivity index (χ0) is 22.7. The van der Waals surface area contributed by atoms with Crippen molar-refractivity contribution in [2.24, 2.45) is 0 Å². The van der Waals surface area contributed by atoms with E-state index in [2.05, 4.69) is 15.6 Å². The number of aryl methyl sites for hydroxylation is 1. The predicted molar refractivity (Wildman–Crippen MR) is 106 cm³/mol. The summed E-state index contributed by atoms with van der Waals surface area (Å²) >= 11 is 0. The van der Waals surface area contributed by atoms with Crippen molar-refractivity contribution < 1.29 is 22.8 Å². The van der Waals surface area contributed by atoms with E-state index >= 15 is 0 Å². The molecule has 7 nitrogen and oxygen atoms in total. The van der Waals surface area contributed by atoms with Crippen LogP contribution in [-0.2, 0) is 0 Å². The Morgan fingerprint density at radius 2 is 1.74 bits per heavy atom. The highest BCUT2D eigenvalue weighted by Crippen LogP contribution is 2.17. The first-order valence-corrected chi connectivity index (χ1v) is 9.04. The van der Waals surface area contributed by atoms with Gasteiger partial charge in [0.25, 0.3) is 5.91 Å². The van der Waals surface area contributed by atoms with Crippen LogP contribution >= 0.6 is 0 Å². The molecule has 0 fully saturated rings. The summed E-state index contributed by atoms with van der Waals surface area (Å²) in [5, 5.41) is 4.73. The predicted octanol–water partition coefficient (Wildman–Crippen LogP) is 2.82. The molecule has 1 unspecified atom stereocenters. The Hall–Kier alpha value is -3.95. The molecule has 0 aliphatic heterocycles. The lowest BCUT2D eigenvalue weighted by Crippen LogP contribution is -2.43. The monoisotopic (exact) mass is 430 g/mol. The number of Topliss-reactive ketones (excluding diaryl/α,β-unsaturated/α-hetero) is 1. The van der Waals surface area contributed by atoms with Crippen molar-refractivity contribution in [1.29, 1.82) is 0 Å². The van der Waals surface area contributed by atoms with Gasteiger partial charge in [0, 0.05) is 18.2 Å². The maximum atomic E-state index is 14.3. The normalized spacial score (nSPS) is 11.6. The zero-order valence-electron chi connectivity index (χ0n) is 16.4. The van der Waals surface area contributed by atoms with Gasteiger partial charge in [0.15, 0.2) is 29.4 Å². The molecule has 0 saturated carbocycles. The van der Waals surface area contributed by atoms with Crippen LogP contribution in [0.4, 0.5) is 19.0 Å². The molecule has 31 heavy (non-hydrogen) atoms. The molecule has 0 bridgehead atoms. The van der Waals surface area contributed by atoms with Crippen LogP contribution < -0.4 is 16.3 Å². The number of rotatable bonds is 6. The van der Waals surface area contributed by atoms with Crippen LogP contribution in [0.3, 0.4) is 0 Å². The lowest BCUT2D eigenvalue weighted by atomic mass is 10.1. The largest absolute Gasteiger partial charge is 0.370 e. The second kappa shape index (κ2) is 8.82. The number of halogens is 3. The van der Waals surface area contributed by atoms with Crippen molar-refractivity contribution in [3.63, 3.8) is 0 Å². The van der Waals surface area contributed by atoms with Gasteiger partial charge < -0.3 is 10.6 Å². The number of carbonyl (C=O) groups is 2. The summed E-state index contributed by atoms with van der Waals surface area (Å²) in [4.78, 5) is 41.7. The summed E-state index contributed by atoms with van der Waals surface area (Å²) < 4.78 is 41.8. The molecular weight excluding hydrogens is 413 g/mol. The first-order valence-electron chi connectivity index (χ1n) is 9.04. The van der Waals surface area contributed by atoms with Crippen LogP contribution in [0, 0.1) is 24.4 Å². The fraction of sp³-hybridized carbons (Fsp3) is 0.143. The third-order valence-electron chi connectivity index (χ3n) is 4.42. The third kappa shape index (κ3) is 4.63. The molecule has 3 rings (SSSR count). The number of hydrogen-bond acceptors (Lipinski definition) is 5. The molecule has 0 aliphatic rings. The van der Waals surface area contributed by atoms with Crippen molar-refractivity contribution in [3.05, 3.63) is 93.3 Å². The molecule has 1 amide bonds. The van der Waals surface area contributed by atoms with Gasteiger partial charge in [0.1, 0.15) is 0 Å². The second-order valence-corrected chi connectivity index (χ2v) is 6.62. The third-order valence-corrected chi connectivity index (χ3v) is 4.42. The summed E-state index contributed by atoms with van der Waals surface area (Å²) in [5.74, 6) is -5.51. The Kier molecular flexibility index (Phi) is 6.19. The lowest BCUT2D eigenvalue weighted by Gasteiger charge is -2.20. The van der Waals surface area contributed by atoms with Gasteiger partial charge in [-0.1, -0.05) is 17.7 Å². The SMILES string of the molecule is CNc1nc(=O)n(C(NC(=O)c2cccc(C)c2)C(=O)c2ccc(F)c(F)c2)cc1F. The highest BCUT2D eigenvalue weighted by atomic mass is 19.2. The van der Waals surface area contributed by atoms with E-state index in [9.17, 15) is 27.6 Å². The number of hydrogen-bond donors (Lipinski definition) is 2. The van der Waals surface area contributed by atoms with E-state index in [1.165, 1.54) is 13.1 Å². The number of nitrogens with zero attached hydrogens (tertiary/aromatic N) is 2. The van der Waals surface area contributed by atoms with Crippen LogP contribution in [0.2, 0.25) is 0 Å². The maximum absolute atomic E-state index is 14.3. The van der Waals surface area contributed by atoms with Gasteiger partial charge in [0.05, 0.1) is 6.20 Å². The van der Waals surface area contributed by atoms with Gasteiger partial charge >= 0.3 is 5.69 Å². The molecule has 1 atom stereocenters. The van der Waals surface area contributed by atoms with Gasteiger partial charge in [-0.2, -0.15) is 4.98 Å². The second-order valence-electron chi connectivity index (χ2n) is 6.62. The fourth-order valence-corrected chi connectivity index (χ4v) is 2.87. The van der Waals surface area contributed by atoms with Crippen molar-refractivity contribution in [1.82, 2.24) is 14.9 Å². The smallest absolute Gasteiger partial charge is 0.351 e. The number of amides is 1. The Morgan fingerprint density at radius 3 is 2.39 bits per heavy atom. The average Bonchev–Trinajstić information content (AvgIpc) is 2.74. The van der Waals surface area contributed by atoms with Crippen molar-refractivity contribution in [3.8, 4) is 0 Å². The Labute approximate surface area is 174 Å². The van der Waals surface area contributed by atoms with Crippen LogP contribution in [0.5, 0.6) is 0 Å². The minimum Gasteiger partial charge on any atom is -0.370 e. The van der Waals surface area contributed by atoms with E-state index in [0.717, 1.165) is 17.7 Å². The topological polar surface area (TPSA) is 93.1 Å². The number of ketones is 1. The van der Waals surface area contributed by atoms with Crippen molar-refractivity contribution >= 4 is 17.5 Å². The standard InChI is InChI=1S/C21H17F3N4O3/c1-11-4-3-5-13(8-11)20(30)27-19(17(29)12-6-7-14(22)15(23)9-12)28-10-16(24)18(25-2)26-21(28)31/h3-10,19H,1-2H3,(H,27,30)(H,25,26,31). The van der Waals surface area contributed by atoms with Crippen molar-refractivity contribution in [2.45, 2.75) is 13.1 Å². The summed E-state index contributed by atoms with van der Waals surface area (Å²) in [7, 11) is 1.35.